The highest BCUT2D eigenvalue weighted by Crippen LogP contribution is 2.34. The lowest BCUT2D eigenvalue weighted by Crippen LogP contribution is -2.15. The zero-order valence-electron chi connectivity index (χ0n) is 21.1. The SMILES string of the molecule is CCCC/C=C/c1ccc(C#Cc2ccc(CCC3CCC(CCCCC)CC3)cc2)cc1. The van der Waals surface area contributed by atoms with E-state index >= 15 is 0 Å². The second-order valence-corrected chi connectivity index (χ2v) is 10.0. The van der Waals surface area contributed by atoms with Crippen molar-refractivity contribution >= 4 is 6.08 Å². The number of benzene rings is 2. The minimum absolute atomic E-state index is 0.941. The molecule has 3 rings (SSSR count). The minimum atomic E-state index is 0.941. The van der Waals surface area contributed by atoms with E-state index in [1.165, 1.54) is 88.2 Å². The Kier molecular flexibility index (Phi) is 11.4. The fourth-order valence-corrected chi connectivity index (χ4v) is 4.98. The minimum Gasteiger partial charge on any atom is -0.0839 e. The first kappa shape index (κ1) is 25.4. The average Bonchev–Trinajstić information content (AvgIpc) is 2.86. The summed E-state index contributed by atoms with van der Waals surface area (Å²) >= 11 is 0. The maximum Gasteiger partial charge on any atom is 0.0249 e. The third-order valence-corrected chi connectivity index (χ3v) is 7.27. The van der Waals surface area contributed by atoms with Gasteiger partial charge in [-0.1, -0.05) is 126 Å². The molecule has 1 aliphatic carbocycles. The molecule has 0 unspecified atom stereocenters. The number of rotatable bonds is 11. The topological polar surface area (TPSA) is 0 Å². The van der Waals surface area contributed by atoms with Crippen LogP contribution in [0.5, 0.6) is 0 Å². The van der Waals surface area contributed by atoms with E-state index in [2.05, 4.69) is 86.4 Å². The van der Waals surface area contributed by atoms with Gasteiger partial charge in [-0.05, 0) is 66.5 Å². The summed E-state index contributed by atoms with van der Waals surface area (Å²) < 4.78 is 0. The van der Waals surface area contributed by atoms with Crippen molar-refractivity contribution in [1.29, 1.82) is 0 Å². The molecule has 0 heteroatoms. The molecular formula is C33H44. The molecule has 0 heterocycles. The molecule has 0 saturated heterocycles. The van der Waals surface area contributed by atoms with E-state index in [1.54, 1.807) is 0 Å². The van der Waals surface area contributed by atoms with Gasteiger partial charge in [-0.15, -0.1) is 0 Å². The first-order valence-electron chi connectivity index (χ1n) is 13.6. The molecule has 0 aliphatic heterocycles. The number of allylic oxidation sites excluding steroid dienone is 1. The van der Waals surface area contributed by atoms with Crippen LogP contribution >= 0.6 is 0 Å². The Labute approximate surface area is 203 Å². The van der Waals surface area contributed by atoms with E-state index in [-0.39, 0.29) is 0 Å². The first-order valence-corrected chi connectivity index (χ1v) is 13.6. The van der Waals surface area contributed by atoms with Gasteiger partial charge in [0.2, 0.25) is 0 Å². The summed E-state index contributed by atoms with van der Waals surface area (Å²) in [6.07, 6.45) is 22.3. The van der Waals surface area contributed by atoms with Crippen molar-refractivity contribution in [2.24, 2.45) is 11.8 Å². The Hall–Kier alpha value is -2.26. The molecule has 2 aromatic rings. The van der Waals surface area contributed by atoms with Crippen LogP contribution in [0.4, 0.5) is 0 Å². The van der Waals surface area contributed by atoms with Crippen LogP contribution in [0.3, 0.4) is 0 Å². The van der Waals surface area contributed by atoms with E-state index in [0.29, 0.717) is 0 Å². The van der Waals surface area contributed by atoms with Gasteiger partial charge in [0.25, 0.3) is 0 Å². The summed E-state index contributed by atoms with van der Waals surface area (Å²) in [5, 5.41) is 0. The third kappa shape index (κ3) is 9.63. The highest BCUT2D eigenvalue weighted by atomic mass is 14.3. The fourth-order valence-electron chi connectivity index (χ4n) is 4.98. The van der Waals surface area contributed by atoms with Gasteiger partial charge in [-0.3, -0.25) is 0 Å². The zero-order chi connectivity index (χ0) is 23.1. The predicted molar refractivity (Wildman–Crippen MR) is 145 cm³/mol. The van der Waals surface area contributed by atoms with Crippen molar-refractivity contribution in [3.63, 3.8) is 0 Å². The molecule has 0 aromatic heterocycles. The van der Waals surface area contributed by atoms with Gasteiger partial charge in [-0.2, -0.15) is 0 Å². The van der Waals surface area contributed by atoms with E-state index in [1.807, 2.05) is 0 Å². The number of aryl methyl sites for hydroxylation is 1. The Morgan fingerprint density at radius 2 is 1.27 bits per heavy atom. The summed E-state index contributed by atoms with van der Waals surface area (Å²) in [5.74, 6) is 8.61. The fraction of sp³-hybridized carbons (Fsp3) is 0.515. The average molecular weight is 441 g/mol. The van der Waals surface area contributed by atoms with Crippen LogP contribution in [0, 0.1) is 23.7 Å². The number of hydrogen-bond donors (Lipinski definition) is 0. The molecule has 33 heavy (non-hydrogen) atoms. The molecule has 0 atom stereocenters. The van der Waals surface area contributed by atoms with Crippen LogP contribution in [0.1, 0.15) is 113 Å². The molecule has 0 nitrogen and oxygen atoms in total. The molecule has 2 aromatic carbocycles. The summed E-state index contributed by atoms with van der Waals surface area (Å²) in [6.45, 7) is 4.54. The second kappa shape index (κ2) is 14.8. The first-order chi connectivity index (χ1) is 16.3. The van der Waals surface area contributed by atoms with Gasteiger partial charge < -0.3 is 0 Å². The molecule has 1 fully saturated rings. The summed E-state index contributed by atoms with van der Waals surface area (Å²) in [5.41, 5.74) is 4.90. The quantitative estimate of drug-likeness (QED) is 0.241. The van der Waals surface area contributed by atoms with E-state index in [9.17, 15) is 0 Å². The van der Waals surface area contributed by atoms with Crippen LogP contribution in [0.2, 0.25) is 0 Å². The van der Waals surface area contributed by atoms with Crippen molar-refractivity contribution in [3.05, 3.63) is 76.9 Å². The van der Waals surface area contributed by atoms with E-state index in [0.717, 1.165) is 29.4 Å². The Balaban J connectivity index is 1.40. The highest BCUT2D eigenvalue weighted by Gasteiger charge is 2.20. The lowest BCUT2D eigenvalue weighted by molar-refractivity contribution is 0.249. The lowest BCUT2D eigenvalue weighted by atomic mass is 9.78. The van der Waals surface area contributed by atoms with Crippen molar-refractivity contribution in [3.8, 4) is 11.8 Å². The van der Waals surface area contributed by atoms with Crippen molar-refractivity contribution in [2.45, 2.75) is 97.3 Å². The Morgan fingerprint density at radius 1 is 0.697 bits per heavy atom. The molecular weight excluding hydrogens is 396 g/mol. The lowest BCUT2D eigenvalue weighted by Gasteiger charge is -2.28. The van der Waals surface area contributed by atoms with Crippen molar-refractivity contribution < 1.29 is 0 Å². The molecule has 1 saturated carbocycles. The summed E-state index contributed by atoms with van der Waals surface area (Å²) in [7, 11) is 0. The molecule has 0 N–H and O–H groups in total. The predicted octanol–water partition coefficient (Wildman–Crippen LogP) is 9.61. The second-order valence-electron chi connectivity index (χ2n) is 10.0. The van der Waals surface area contributed by atoms with Gasteiger partial charge in [0, 0.05) is 11.1 Å². The third-order valence-electron chi connectivity index (χ3n) is 7.27. The van der Waals surface area contributed by atoms with Gasteiger partial charge in [-0.25, -0.2) is 0 Å². The van der Waals surface area contributed by atoms with Gasteiger partial charge in [0.1, 0.15) is 0 Å². The Morgan fingerprint density at radius 3 is 1.88 bits per heavy atom. The summed E-state index contributed by atoms with van der Waals surface area (Å²) in [6, 6.07) is 17.5. The van der Waals surface area contributed by atoms with Crippen LogP contribution in [0.15, 0.2) is 54.6 Å². The molecule has 0 radical (unpaired) electrons. The molecule has 0 bridgehead atoms. The number of unbranched alkanes of at least 4 members (excludes halogenated alkanes) is 4. The van der Waals surface area contributed by atoms with Crippen LogP contribution < -0.4 is 0 Å². The largest absolute Gasteiger partial charge is 0.0839 e. The molecule has 1 aliphatic rings. The van der Waals surface area contributed by atoms with Crippen LogP contribution in [-0.2, 0) is 6.42 Å². The summed E-state index contributed by atoms with van der Waals surface area (Å²) in [4.78, 5) is 0. The molecule has 176 valence electrons. The standard InChI is InChI=1S/C33H44/c1-3-5-7-9-11-29-14-18-31(19-15-29)21-23-33-26-24-32(25-27-33)22-20-30-16-12-28(13-17-30)10-8-6-4-2/h9,11,14-15,18-19,24-28,30H,3-8,10,12-13,16-17,20,22H2,1-2H3/b11-9+. The highest BCUT2D eigenvalue weighted by molar-refractivity contribution is 5.52. The van der Waals surface area contributed by atoms with Crippen LogP contribution in [0.25, 0.3) is 6.08 Å². The normalized spacial score (nSPS) is 18.2. The van der Waals surface area contributed by atoms with Gasteiger partial charge in [0.05, 0.1) is 0 Å². The van der Waals surface area contributed by atoms with Crippen molar-refractivity contribution in [2.75, 3.05) is 0 Å². The Bertz CT molecular complexity index is 864. The molecule has 0 spiro atoms. The molecule has 0 amide bonds. The van der Waals surface area contributed by atoms with Gasteiger partial charge in [0.15, 0.2) is 0 Å². The maximum absolute atomic E-state index is 3.33. The van der Waals surface area contributed by atoms with Crippen molar-refractivity contribution in [1.82, 2.24) is 0 Å². The van der Waals surface area contributed by atoms with E-state index < -0.39 is 0 Å². The van der Waals surface area contributed by atoms with Crippen LogP contribution in [-0.4, -0.2) is 0 Å². The van der Waals surface area contributed by atoms with E-state index in [4.69, 9.17) is 0 Å². The van der Waals surface area contributed by atoms with Gasteiger partial charge >= 0.3 is 0 Å². The zero-order valence-corrected chi connectivity index (χ0v) is 21.1. The maximum atomic E-state index is 3.33. The number of hydrogen-bond acceptors (Lipinski definition) is 0. The monoisotopic (exact) mass is 440 g/mol. The smallest absolute Gasteiger partial charge is 0.0249 e.